The number of rotatable bonds is 3. The number of aromatic carboxylic acids is 1. The van der Waals surface area contributed by atoms with E-state index in [9.17, 15) is 9.59 Å². The molecular weight excluding hydrogens is 232 g/mol. The van der Waals surface area contributed by atoms with Crippen LogP contribution in [0, 0.1) is 5.92 Å². The van der Waals surface area contributed by atoms with Crippen LogP contribution in [0.5, 0.6) is 0 Å². The standard InChI is InChI=1S/C13H16N2O3/c16-12(9-5-2-1-3-6-9)15-11-10(13(17)18)7-4-8-14-11/h4,7-9H,1-3,5-6H2,(H,17,18)(H,14,15,16). The molecule has 96 valence electrons. The lowest BCUT2D eigenvalue weighted by atomic mass is 9.88. The van der Waals surface area contributed by atoms with Crippen LogP contribution in [-0.4, -0.2) is 22.0 Å². The molecule has 0 unspecified atom stereocenters. The number of carboxylic acids is 1. The first kappa shape index (κ1) is 12.5. The lowest BCUT2D eigenvalue weighted by Crippen LogP contribution is -2.26. The van der Waals surface area contributed by atoms with Crippen LogP contribution in [0.3, 0.4) is 0 Å². The van der Waals surface area contributed by atoms with E-state index in [0.29, 0.717) is 0 Å². The molecule has 1 aromatic rings. The van der Waals surface area contributed by atoms with Gasteiger partial charge in [0, 0.05) is 12.1 Å². The van der Waals surface area contributed by atoms with Gasteiger partial charge >= 0.3 is 5.97 Å². The largest absolute Gasteiger partial charge is 0.478 e. The molecule has 1 aromatic heterocycles. The highest BCUT2D eigenvalue weighted by Gasteiger charge is 2.22. The van der Waals surface area contributed by atoms with Crippen molar-refractivity contribution in [3.63, 3.8) is 0 Å². The minimum atomic E-state index is -1.08. The van der Waals surface area contributed by atoms with Gasteiger partial charge in [-0.15, -0.1) is 0 Å². The second-order valence-corrected chi connectivity index (χ2v) is 4.53. The third kappa shape index (κ3) is 2.85. The van der Waals surface area contributed by atoms with Crippen molar-refractivity contribution in [3.8, 4) is 0 Å². The Morgan fingerprint density at radius 1 is 1.28 bits per heavy atom. The summed E-state index contributed by atoms with van der Waals surface area (Å²) in [7, 11) is 0. The van der Waals surface area contributed by atoms with E-state index in [-0.39, 0.29) is 23.2 Å². The van der Waals surface area contributed by atoms with Crippen LogP contribution in [0.2, 0.25) is 0 Å². The van der Waals surface area contributed by atoms with Gasteiger partial charge in [0.05, 0.1) is 0 Å². The number of nitrogens with one attached hydrogen (secondary N) is 1. The summed E-state index contributed by atoms with van der Waals surface area (Å²) in [5.74, 6) is -1.07. The van der Waals surface area contributed by atoms with Crippen molar-refractivity contribution in [3.05, 3.63) is 23.9 Å². The molecule has 0 spiro atoms. The number of nitrogens with zero attached hydrogens (tertiary/aromatic N) is 1. The molecular formula is C13H16N2O3. The molecule has 5 nitrogen and oxygen atoms in total. The fourth-order valence-electron chi connectivity index (χ4n) is 2.26. The molecule has 1 amide bonds. The van der Waals surface area contributed by atoms with Gasteiger partial charge in [-0.3, -0.25) is 4.79 Å². The molecule has 2 N–H and O–H groups in total. The summed E-state index contributed by atoms with van der Waals surface area (Å²) in [6, 6.07) is 2.98. The van der Waals surface area contributed by atoms with Crippen molar-refractivity contribution < 1.29 is 14.7 Å². The predicted molar refractivity (Wildman–Crippen MR) is 66.4 cm³/mol. The maximum Gasteiger partial charge on any atom is 0.339 e. The van der Waals surface area contributed by atoms with Crippen LogP contribution in [0.1, 0.15) is 42.5 Å². The monoisotopic (exact) mass is 248 g/mol. The number of carboxylic acid groups (broad SMARTS) is 1. The number of amides is 1. The van der Waals surface area contributed by atoms with Crippen molar-refractivity contribution in [2.75, 3.05) is 5.32 Å². The van der Waals surface area contributed by atoms with E-state index >= 15 is 0 Å². The van der Waals surface area contributed by atoms with Crippen molar-refractivity contribution in [2.24, 2.45) is 5.92 Å². The van der Waals surface area contributed by atoms with Crippen LogP contribution in [0.15, 0.2) is 18.3 Å². The molecule has 1 saturated carbocycles. The minimum absolute atomic E-state index is 0.0117. The zero-order chi connectivity index (χ0) is 13.0. The molecule has 0 aliphatic heterocycles. The summed E-state index contributed by atoms with van der Waals surface area (Å²) in [5.41, 5.74) is 0.0293. The molecule has 0 bridgehead atoms. The maximum absolute atomic E-state index is 12.0. The molecule has 1 aliphatic rings. The van der Waals surface area contributed by atoms with Gasteiger partial charge < -0.3 is 10.4 Å². The molecule has 0 saturated heterocycles. The van der Waals surface area contributed by atoms with E-state index in [1.54, 1.807) is 6.07 Å². The summed E-state index contributed by atoms with van der Waals surface area (Å²) >= 11 is 0. The molecule has 2 rings (SSSR count). The van der Waals surface area contributed by atoms with Gasteiger partial charge in [-0.05, 0) is 25.0 Å². The highest BCUT2D eigenvalue weighted by Crippen LogP contribution is 2.25. The Morgan fingerprint density at radius 2 is 2.00 bits per heavy atom. The van der Waals surface area contributed by atoms with Gasteiger partial charge in [0.15, 0.2) is 0 Å². The minimum Gasteiger partial charge on any atom is -0.478 e. The quantitative estimate of drug-likeness (QED) is 0.860. The van der Waals surface area contributed by atoms with Gasteiger partial charge in [-0.25, -0.2) is 9.78 Å². The van der Waals surface area contributed by atoms with Crippen molar-refractivity contribution in [1.29, 1.82) is 0 Å². The van der Waals surface area contributed by atoms with Gasteiger partial charge in [0.2, 0.25) is 5.91 Å². The second kappa shape index (κ2) is 5.62. The van der Waals surface area contributed by atoms with Crippen LogP contribution >= 0.6 is 0 Å². The average Bonchev–Trinajstić information content (AvgIpc) is 2.40. The van der Waals surface area contributed by atoms with Gasteiger partial charge in [-0.1, -0.05) is 19.3 Å². The third-order valence-corrected chi connectivity index (χ3v) is 3.26. The summed E-state index contributed by atoms with van der Waals surface area (Å²) in [4.78, 5) is 26.9. The number of anilines is 1. The molecule has 1 heterocycles. The summed E-state index contributed by atoms with van der Waals surface area (Å²) in [6.07, 6.45) is 6.52. The first-order valence-corrected chi connectivity index (χ1v) is 6.17. The molecule has 0 radical (unpaired) electrons. The van der Waals surface area contributed by atoms with Crippen molar-refractivity contribution in [2.45, 2.75) is 32.1 Å². The van der Waals surface area contributed by atoms with Crippen molar-refractivity contribution >= 4 is 17.7 Å². The molecule has 18 heavy (non-hydrogen) atoms. The summed E-state index contributed by atoms with van der Waals surface area (Å²) < 4.78 is 0. The highest BCUT2D eigenvalue weighted by molar-refractivity contribution is 5.99. The molecule has 0 atom stereocenters. The topological polar surface area (TPSA) is 79.3 Å². The van der Waals surface area contributed by atoms with E-state index in [1.807, 2.05) is 0 Å². The van der Waals surface area contributed by atoms with E-state index in [1.165, 1.54) is 18.7 Å². The Balaban J connectivity index is 2.08. The van der Waals surface area contributed by atoms with Crippen molar-refractivity contribution in [1.82, 2.24) is 4.98 Å². The zero-order valence-electron chi connectivity index (χ0n) is 10.1. The third-order valence-electron chi connectivity index (χ3n) is 3.26. The zero-order valence-corrected chi connectivity index (χ0v) is 10.1. The normalized spacial score (nSPS) is 16.2. The van der Waals surface area contributed by atoms with E-state index in [4.69, 9.17) is 5.11 Å². The van der Waals surface area contributed by atoms with Gasteiger partial charge in [-0.2, -0.15) is 0 Å². The number of aromatic nitrogens is 1. The Bertz CT molecular complexity index is 453. The van der Waals surface area contributed by atoms with Gasteiger partial charge in [0.1, 0.15) is 11.4 Å². The smallest absolute Gasteiger partial charge is 0.339 e. The highest BCUT2D eigenvalue weighted by atomic mass is 16.4. The van der Waals surface area contributed by atoms with E-state index in [2.05, 4.69) is 10.3 Å². The number of carbonyl (C=O) groups is 2. The van der Waals surface area contributed by atoms with E-state index in [0.717, 1.165) is 25.7 Å². The molecule has 0 aromatic carbocycles. The lowest BCUT2D eigenvalue weighted by molar-refractivity contribution is -0.120. The fraction of sp³-hybridized carbons (Fsp3) is 0.462. The number of hydrogen-bond donors (Lipinski definition) is 2. The van der Waals surface area contributed by atoms with E-state index < -0.39 is 5.97 Å². The second-order valence-electron chi connectivity index (χ2n) is 4.53. The molecule has 5 heteroatoms. The number of pyridine rings is 1. The maximum atomic E-state index is 12.0. The summed E-state index contributed by atoms with van der Waals surface area (Å²) in [5, 5.41) is 11.6. The number of hydrogen-bond acceptors (Lipinski definition) is 3. The first-order valence-electron chi connectivity index (χ1n) is 6.17. The Morgan fingerprint density at radius 3 is 2.67 bits per heavy atom. The Labute approximate surface area is 105 Å². The molecule has 1 aliphatic carbocycles. The SMILES string of the molecule is O=C(O)c1cccnc1NC(=O)C1CCCCC1. The van der Waals surface area contributed by atoms with Crippen LogP contribution in [0.25, 0.3) is 0 Å². The molecule has 1 fully saturated rings. The Hall–Kier alpha value is -1.91. The van der Waals surface area contributed by atoms with Crippen LogP contribution in [-0.2, 0) is 4.79 Å². The summed E-state index contributed by atoms with van der Waals surface area (Å²) in [6.45, 7) is 0. The van der Waals surface area contributed by atoms with Gasteiger partial charge in [0.25, 0.3) is 0 Å². The average molecular weight is 248 g/mol. The lowest BCUT2D eigenvalue weighted by Gasteiger charge is -2.20. The fourth-order valence-corrected chi connectivity index (χ4v) is 2.26. The van der Waals surface area contributed by atoms with Crippen LogP contribution in [0.4, 0.5) is 5.82 Å². The first-order chi connectivity index (χ1) is 8.68. The Kier molecular flexibility index (Phi) is 3.92. The van der Waals surface area contributed by atoms with Crippen LogP contribution < -0.4 is 5.32 Å². The predicted octanol–water partition coefficient (Wildman–Crippen LogP) is 2.30. The number of carbonyl (C=O) groups excluding carboxylic acids is 1.